The highest BCUT2D eigenvalue weighted by atomic mass is 16.5. The van der Waals surface area contributed by atoms with Gasteiger partial charge in [-0.3, -0.25) is 4.98 Å². The van der Waals surface area contributed by atoms with Crippen molar-refractivity contribution in [3.8, 4) is 23.1 Å². The molecule has 0 saturated carbocycles. The molecule has 5 rings (SSSR count). The second-order valence-corrected chi connectivity index (χ2v) is 9.39. The van der Waals surface area contributed by atoms with Crippen LogP contribution in [0.5, 0.6) is 5.75 Å². The lowest BCUT2D eigenvalue weighted by molar-refractivity contribution is 0.239. The number of fused-ring (bicyclic) bond motifs is 1. The SMILES string of the molecule is Cc1c(-c2cc(OCC(C)(C)c3ccccn3)c3c(C#N)cnn3c2)nnn1C1CCNCC1. The van der Waals surface area contributed by atoms with Gasteiger partial charge in [-0.2, -0.15) is 10.4 Å². The maximum absolute atomic E-state index is 9.63. The van der Waals surface area contributed by atoms with E-state index in [9.17, 15) is 5.26 Å². The van der Waals surface area contributed by atoms with Crippen LogP contribution < -0.4 is 10.1 Å². The molecule has 1 aliphatic heterocycles. The van der Waals surface area contributed by atoms with E-state index in [4.69, 9.17) is 4.74 Å². The first kappa shape index (κ1) is 22.0. The Morgan fingerprint density at radius 2 is 2.09 bits per heavy atom. The van der Waals surface area contributed by atoms with E-state index in [1.165, 1.54) is 0 Å². The summed E-state index contributed by atoms with van der Waals surface area (Å²) >= 11 is 0. The maximum atomic E-state index is 9.63. The van der Waals surface area contributed by atoms with Crippen LogP contribution in [0.25, 0.3) is 16.8 Å². The highest BCUT2D eigenvalue weighted by molar-refractivity contribution is 5.74. The van der Waals surface area contributed by atoms with E-state index in [0.29, 0.717) is 29.5 Å². The molecule has 1 fully saturated rings. The summed E-state index contributed by atoms with van der Waals surface area (Å²) < 4.78 is 10.1. The van der Waals surface area contributed by atoms with Crippen molar-refractivity contribution < 1.29 is 4.74 Å². The number of hydrogen-bond acceptors (Lipinski definition) is 7. The molecule has 0 bridgehead atoms. The Bertz CT molecular complexity index is 1340. The Hall–Kier alpha value is -3.77. The number of nitrogens with one attached hydrogen (secondary N) is 1. The highest BCUT2D eigenvalue weighted by Gasteiger charge is 2.25. The van der Waals surface area contributed by atoms with Crippen molar-refractivity contribution in [2.24, 2.45) is 0 Å². The monoisotopic (exact) mass is 456 g/mol. The summed E-state index contributed by atoms with van der Waals surface area (Å²) in [5, 5.41) is 26.4. The van der Waals surface area contributed by atoms with E-state index in [1.54, 1.807) is 16.9 Å². The maximum Gasteiger partial charge on any atom is 0.147 e. The fraction of sp³-hybridized carbons (Fsp3) is 0.400. The van der Waals surface area contributed by atoms with E-state index >= 15 is 0 Å². The molecule has 0 unspecified atom stereocenters. The zero-order chi connectivity index (χ0) is 23.7. The van der Waals surface area contributed by atoms with E-state index in [0.717, 1.165) is 48.6 Å². The van der Waals surface area contributed by atoms with Crippen LogP contribution in [0.4, 0.5) is 0 Å². The van der Waals surface area contributed by atoms with Crippen LogP contribution in [0.3, 0.4) is 0 Å². The predicted octanol–water partition coefficient (Wildman–Crippen LogP) is 3.45. The Labute approximate surface area is 198 Å². The topological polar surface area (TPSA) is 106 Å². The van der Waals surface area contributed by atoms with Gasteiger partial charge in [0.1, 0.15) is 28.6 Å². The van der Waals surface area contributed by atoms with Gasteiger partial charge in [-0.05, 0) is 51.1 Å². The van der Waals surface area contributed by atoms with Crippen LogP contribution >= 0.6 is 0 Å². The van der Waals surface area contributed by atoms with Crippen LogP contribution in [0, 0.1) is 18.3 Å². The molecule has 0 radical (unpaired) electrons. The molecule has 0 amide bonds. The molecule has 34 heavy (non-hydrogen) atoms. The third-order valence-corrected chi connectivity index (χ3v) is 6.50. The number of aromatic nitrogens is 6. The molecule has 4 aromatic rings. The van der Waals surface area contributed by atoms with Gasteiger partial charge in [0.2, 0.25) is 0 Å². The van der Waals surface area contributed by atoms with Gasteiger partial charge in [0.25, 0.3) is 0 Å². The summed E-state index contributed by atoms with van der Waals surface area (Å²) in [5.74, 6) is 0.589. The molecular weight excluding hydrogens is 428 g/mol. The zero-order valence-electron chi connectivity index (χ0n) is 19.7. The van der Waals surface area contributed by atoms with E-state index in [-0.39, 0.29) is 5.41 Å². The van der Waals surface area contributed by atoms with Crippen molar-refractivity contribution in [2.75, 3.05) is 19.7 Å². The number of nitriles is 1. The van der Waals surface area contributed by atoms with Gasteiger partial charge < -0.3 is 10.1 Å². The van der Waals surface area contributed by atoms with E-state index < -0.39 is 0 Å². The van der Waals surface area contributed by atoms with Crippen molar-refractivity contribution in [1.29, 1.82) is 5.26 Å². The first-order chi connectivity index (χ1) is 16.5. The van der Waals surface area contributed by atoms with Gasteiger partial charge in [-0.1, -0.05) is 25.1 Å². The molecule has 9 heteroatoms. The van der Waals surface area contributed by atoms with Crippen LogP contribution in [-0.2, 0) is 5.41 Å². The van der Waals surface area contributed by atoms with E-state index in [1.807, 2.05) is 35.1 Å². The van der Waals surface area contributed by atoms with Crippen molar-refractivity contribution in [3.63, 3.8) is 0 Å². The molecule has 0 aliphatic carbocycles. The second-order valence-electron chi connectivity index (χ2n) is 9.39. The van der Waals surface area contributed by atoms with Crippen LogP contribution in [0.2, 0.25) is 0 Å². The first-order valence-electron chi connectivity index (χ1n) is 11.6. The summed E-state index contributed by atoms with van der Waals surface area (Å²) in [7, 11) is 0. The number of nitrogens with zero attached hydrogens (tertiary/aromatic N) is 7. The second kappa shape index (κ2) is 8.88. The summed E-state index contributed by atoms with van der Waals surface area (Å²) in [6.45, 7) is 8.59. The van der Waals surface area contributed by atoms with Crippen LogP contribution in [-0.4, -0.2) is 49.3 Å². The molecule has 1 aliphatic rings. The van der Waals surface area contributed by atoms with Crippen LogP contribution in [0.1, 0.15) is 49.7 Å². The molecule has 5 heterocycles. The average molecular weight is 457 g/mol. The minimum atomic E-state index is -0.324. The lowest BCUT2D eigenvalue weighted by Gasteiger charge is -2.24. The van der Waals surface area contributed by atoms with Gasteiger partial charge in [0.05, 0.1) is 24.5 Å². The molecule has 0 atom stereocenters. The fourth-order valence-electron chi connectivity index (χ4n) is 4.51. The lowest BCUT2D eigenvalue weighted by atomic mass is 9.90. The van der Waals surface area contributed by atoms with Gasteiger partial charge in [-0.15, -0.1) is 5.10 Å². The Balaban J connectivity index is 1.52. The largest absolute Gasteiger partial charge is 0.490 e. The fourth-order valence-corrected chi connectivity index (χ4v) is 4.51. The minimum absolute atomic E-state index is 0.324. The minimum Gasteiger partial charge on any atom is -0.490 e. The third kappa shape index (κ3) is 4.01. The first-order valence-corrected chi connectivity index (χ1v) is 11.6. The molecule has 1 N–H and O–H groups in total. The molecule has 9 nitrogen and oxygen atoms in total. The molecule has 4 aromatic heterocycles. The molecule has 0 spiro atoms. The standard InChI is InChI=1S/C25H28N8O/c1-17-23(30-31-33(17)20-7-10-27-11-8-20)18-12-21(24-19(13-26)14-29-32(24)15-18)34-16-25(2,3)22-6-4-5-9-28-22/h4-6,9,12,14-15,20,27H,7-8,10-11,16H2,1-3H3. The normalized spacial score (nSPS) is 14.9. The third-order valence-electron chi connectivity index (χ3n) is 6.50. The summed E-state index contributed by atoms with van der Waals surface area (Å²) in [6, 6.07) is 10.4. The van der Waals surface area contributed by atoms with Gasteiger partial charge in [0, 0.05) is 29.1 Å². The van der Waals surface area contributed by atoms with Gasteiger partial charge in [-0.25, -0.2) is 9.20 Å². The molecular formula is C25H28N8O. The number of pyridine rings is 2. The van der Waals surface area contributed by atoms with Crippen molar-refractivity contribution in [1.82, 2.24) is 34.9 Å². The van der Waals surface area contributed by atoms with Crippen molar-refractivity contribution in [3.05, 3.63) is 59.8 Å². The van der Waals surface area contributed by atoms with Gasteiger partial charge in [0.15, 0.2) is 0 Å². The van der Waals surface area contributed by atoms with Crippen molar-refractivity contribution >= 4 is 5.52 Å². The van der Waals surface area contributed by atoms with E-state index in [2.05, 4.69) is 52.6 Å². The summed E-state index contributed by atoms with van der Waals surface area (Å²) in [4.78, 5) is 4.50. The summed E-state index contributed by atoms with van der Waals surface area (Å²) in [6.07, 6.45) is 7.30. The number of hydrogen-bond donors (Lipinski definition) is 1. The highest BCUT2D eigenvalue weighted by Crippen LogP contribution is 2.33. The Morgan fingerprint density at radius 1 is 1.26 bits per heavy atom. The summed E-state index contributed by atoms with van der Waals surface area (Å²) in [5.41, 5.74) is 4.39. The predicted molar refractivity (Wildman–Crippen MR) is 128 cm³/mol. The smallest absolute Gasteiger partial charge is 0.147 e. The molecule has 1 saturated heterocycles. The zero-order valence-corrected chi connectivity index (χ0v) is 19.7. The average Bonchev–Trinajstić information content (AvgIpc) is 3.47. The Kier molecular flexibility index (Phi) is 5.75. The lowest BCUT2D eigenvalue weighted by Crippen LogP contribution is -2.30. The molecule has 174 valence electrons. The number of ether oxygens (including phenoxy) is 1. The number of rotatable bonds is 6. The van der Waals surface area contributed by atoms with Crippen LogP contribution in [0.15, 0.2) is 42.9 Å². The van der Waals surface area contributed by atoms with Gasteiger partial charge >= 0.3 is 0 Å². The quantitative estimate of drug-likeness (QED) is 0.474. The molecule has 0 aromatic carbocycles. The van der Waals surface area contributed by atoms with Crippen molar-refractivity contribution in [2.45, 2.75) is 45.1 Å². The Morgan fingerprint density at radius 3 is 2.82 bits per heavy atom. The number of piperidine rings is 1.